The molecule has 0 amide bonds. The molecule has 1 aliphatic heterocycles. The molecule has 2 N–H and O–H groups in total. The third kappa shape index (κ3) is 2.19. The van der Waals surface area contributed by atoms with Gasteiger partial charge in [-0.3, -0.25) is 0 Å². The Morgan fingerprint density at radius 2 is 2.36 bits per heavy atom. The fraction of sp³-hybridized carbons (Fsp3) is 0.300. The SMILES string of the molecule is S=C(S)NCC1Cc2ccccc2N1. The van der Waals surface area contributed by atoms with E-state index in [-0.39, 0.29) is 0 Å². The largest absolute Gasteiger partial charge is 0.380 e. The Morgan fingerprint density at radius 3 is 3.07 bits per heavy atom. The van der Waals surface area contributed by atoms with Crippen molar-refractivity contribution in [3.05, 3.63) is 29.8 Å². The second-order valence-electron chi connectivity index (χ2n) is 3.39. The zero-order chi connectivity index (χ0) is 9.97. The standard InChI is InChI=1S/C10H12N2S2/c13-10(14)11-6-8-5-7-3-1-2-4-9(7)12-8/h1-4,8,12H,5-6H2,(H2,11,13,14). The van der Waals surface area contributed by atoms with Crippen LogP contribution >= 0.6 is 24.8 Å². The summed E-state index contributed by atoms with van der Waals surface area (Å²) in [6, 6.07) is 8.80. The van der Waals surface area contributed by atoms with E-state index in [1.165, 1.54) is 11.3 Å². The predicted octanol–water partition coefficient (Wildman–Crippen LogP) is 1.83. The summed E-state index contributed by atoms with van der Waals surface area (Å²) in [5.41, 5.74) is 2.62. The lowest BCUT2D eigenvalue weighted by Crippen LogP contribution is -2.32. The number of hydrogen-bond donors (Lipinski definition) is 3. The van der Waals surface area contributed by atoms with Crippen LogP contribution in [0.3, 0.4) is 0 Å². The maximum Gasteiger partial charge on any atom is 0.130 e. The fourth-order valence-electron chi connectivity index (χ4n) is 1.71. The zero-order valence-corrected chi connectivity index (χ0v) is 9.37. The Balaban J connectivity index is 1.95. The molecule has 0 fully saturated rings. The minimum Gasteiger partial charge on any atom is -0.380 e. The number of anilines is 1. The van der Waals surface area contributed by atoms with Gasteiger partial charge in [-0.2, -0.15) is 0 Å². The molecule has 4 heteroatoms. The van der Waals surface area contributed by atoms with Gasteiger partial charge in [0, 0.05) is 18.3 Å². The molecule has 1 aliphatic rings. The third-order valence-electron chi connectivity index (χ3n) is 2.34. The molecule has 1 atom stereocenters. The van der Waals surface area contributed by atoms with Gasteiger partial charge in [0.15, 0.2) is 0 Å². The van der Waals surface area contributed by atoms with Gasteiger partial charge in [-0.05, 0) is 18.1 Å². The summed E-state index contributed by atoms with van der Waals surface area (Å²) in [7, 11) is 0. The Labute approximate surface area is 94.5 Å². The summed E-state index contributed by atoms with van der Waals surface area (Å²) in [6.45, 7) is 0.830. The summed E-state index contributed by atoms with van der Waals surface area (Å²) in [6.07, 6.45) is 1.06. The molecule has 14 heavy (non-hydrogen) atoms. The molecular weight excluding hydrogens is 212 g/mol. The van der Waals surface area contributed by atoms with E-state index in [4.69, 9.17) is 12.2 Å². The van der Waals surface area contributed by atoms with Gasteiger partial charge >= 0.3 is 0 Å². The molecule has 1 aromatic rings. The van der Waals surface area contributed by atoms with Gasteiger partial charge in [0.05, 0.1) is 0 Å². The van der Waals surface area contributed by atoms with Crippen LogP contribution in [-0.4, -0.2) is 16.9 Å². The second kappa shape index (κ2) is 4.19. The van der Waals surface area contributed by atoms with Crippen molar-refractivity contribution in [2.24, 2.45) is 0 Å². The van der Waals surface area contributed by atoms with Crippen LogP contribution in [0.4, 0.5) is 5.69 Å². The van der Waals surface area contributed by atoms with Crippen molar-refractivity contribution in [1.29, 1.82) is 0 Å². The second-order valence-corrected chi connectivity index (χ2v) is 4.55. The molecular formula is C10H12N2S2. The van der Waals surface area contributed by atoms with Crippen molar-refractivity contribution < 1.29 is 0 Å². The maximum atomic E-state index is 4.84. The van der Waals surface area contributed by atoms with Crippen molar-refractivity contribution in [2.45, 2.75) is 12.5 Å². The number of hydrogen-bond acceptors (Lipinski definition) is 2. The molecule has 0 radical (unpaired) electrons. The summed E-state index contributed by atoms with van der Waals surface area (Å²) in [5.74, 6) is 0. The van der Waals surface area contributed by atoms with E-state index in [1.54, 1.807) is 0 Å². The molecule has 1 aromatic carbocycles. The highest BCUT2D eigenvalue weighted by atomic mass is 32.1. The highest BCUT2D eigenvalue weighted by molar-refractivity contribution is 8.11. The lowest BCUT2D eigenvalue weighted by Gasteiger charge is -2.11. The quantitative estimate of drug-likeness (QED) is 0.528. The van der Waals surface area contributed by atoms with Crippen LogP contribution in [0.25, 0.3) is 0 Å². The number of para-hydroxylation sites is 1. The number of fused-ring (bicyclic) bond motifs is 1. The molecule has 1 unspecified atom stereocenters. The average Bonchev–Trinajstić information content (AvgIpc) is 2.57. The summed E-state index contributed by atoms with van der Waals surface area (Å²) < 4.78 is 0.558. The summed E-state index contributed by atoms with van der Waals surface area (Å²) in [4.78, 5) is 0. The third-order valence-corrected chi connectivity index (χ3v) is 2.65. The average molecular weight is 224 g/mol. The van der Waals surface area contributed by atoms with Crippen molar-refractivity contribution in [1.82, 2.24) is 5.32 Å². The Bertz CT molecular complexity index is 327. The van der Waals surface area contributed by atoms with Crippen LogP contribution in [0.2, 0.25) is 0 Å². The van der Waals surface area contributed by atoms with Crippen LogP contribution in [0.15, 0.2) is 24.3 Å². The van der Waals surface area contributed by atoms with Gasteiger partial charge in [0.25, 0.3) is 0 Å². The number of thiocarbonyl (C=S) groups is 1. The van der Waals surface area contributed by atoms with E-state index >= 15 is 0 Å². The first-order chi connectivity index (χ1) is 6.75. The molecule has 0 saturated carbocycles. The van der Waals surface area contributed by atoms with E-state index in [0.29, 0.717) is 10.4 Å². The van der Waals surface area contributed by atoms with Gasteiger partial charge in [-0.15, -0.1) is 12.6 Å². The van der Waals surface area contributed by atoms with Gasteiger partial charge in [0.2, 0.25) is 0 Å². The van der Waals surface area contributed by atoms with Crippen molar-refractivity contribution in [2.75, 3.05) is 11.9 Å². The minimum absolute atomic E-state index is 0.428. The monoisotopic (exact) mass is 224 g/mol. The molecule has 0 aromatic heterocycles. The number of benzene rings is 1. The van der Waals surface area contributed by atoms with Crippen LogP contribution in [0.1, 0.15) is 5.56 Å². The first-order valence-electron chi connectivity index (χ1n) is 4.57. The van der Waals surface area contributed by atoms with Crippen LogP contribution < -0.4 is 10.6 Å². The molecule has 2 rings (SSSR count). The smallest absolute Gasteiger partial charge is 0.130 e. The molecule has 0 bridgehead atoms. The van der Waals surface area contributed by atoms with E-state index in [1.807, 2.05) is 6.07 Å². The van der Waals surface area contributed by atoms with Crippen molar-refractivity contribution >= 4 is 34.9 Å². The van der Waals surface area contributed by atoms with E-state index in [0.717, 1.165) is 13.0 Å². The Hall–Kier alpha value is -0.740. The van der Waals surface area contributed by atoms with E-state index in [9.17, 15) is 0 Å². The first kappa shape index (κ1) is 9.80. The van der Waals surface area contributed by atoms with Crippen molar-refractivity contribution in [3.8, 4) is 0 Å². The number of nitrogens with one attached hydrogen (secondary N) is 2. The van der Waals surface area contributed by atoms with Crippen LogP contribution in [0.5, 0.6) is 0 Å². The number of rotatable bonds is 2. The first-order valence-corrected chi connectivity index (χ1v) is 5.42. The lowest BCUT2D eigenvalue weighted by atomic mass is 10.1. The summed E-state index contributed by atoms with van der Waals surface area (Å²) in [5, 5.41) is 6.49. The molecule has 1 heterocycles. The van der Waals surface area contributed by atoms with Gasteiger partial charge in [-0.25, -0.2) is 0 Å². The van der Waals surface area contributed by atoms with E-state index < -0.39 is 0 Å². The molecule has 0 aliphatic carbocycles. The Kier molecular flexibility index (Phi) is 2.93. The molecule has 0 spiro atoms. The van der Waals surface area contributed by atoms with Gasteiger partial charge in [0.1, 0.15) is 4.32 Å². The predicted molar refractivity (Wildman–Crippen MR) is 67.1 cm³/mol. The van der Waals surface area contributed by atoms with Gasteiger partial charge in [-0.1, -0.05) is 30.4 Å². The van der Waals surface area contributed by atoms with Crippen LogP contribution in [-0.2, 0) is 6.42 Å². The maximum absolute atomic E-state index is 4.84. The fourth-order valence-corrected chi connectivity index (χ4v) is 1.88. The molecule has 74 valence electrons. The summed E-state index contributed by atoms with van der Waals surface area (Å²) >= 11 is 8.87. The zero-order valence-electron chi connectivity index (χ0n) is 7.66. The number of thiol groups is 1. The normalized spacial score (nSPS) is 18.5. The lowest BCUT2D eigenvalue weighted by molar-refractivity contribution is 0.719. The highest BCUT2D eigenvalue weighted by Gasteiger charge is 2.19. The molecule has 2 nitrogen and oxygen atoms in total. The highest BCUT2D eigenvalue weighted by Crippen LogP contribution is 2.24. The Morgan fingerprint density at radius 1 is 1.57 bits per heavy atom. The molecule has 0 saturated heterocycles. The van der Waals surface area contributed by atoms with E-state index in [2.05, 4.69) is 41.5 Å². The topological polar surface area (TPSA) is 24.1 Å². The van der Waals surface area contributed by atoms with Crippen LogP contribution in [0, 0.1) is 0 Å². The minimum atomic E-state index is 0.428. The van der Waals surface area contributed by atoms with Gasteiger partial charge < -0.3 is 10.6 Å². The van der Waals surface area contributed by atoms with Crippen molar-refractivity contribution in [3.63, 3.8) is 0 Å².